The molecule has 8 heteroatoms. The second kappa shape index (κ2) is 10.3. The molecule has 8 nitrogen and oxygen atoms in total. The number of nitrogens with one attached hydrogen (secondary N) is 3. The van der Waals surface area contributed by atoms with E-state index in [9.17, 15) is 9.59 Å². The number of carbonyl (C=O) groups is 2. The fourth-order valence-corrected chi connectivity index (χ4v) is 3.52. The standard InChI is InChI=1S/C20H32N4O4/c1-15-10-17(27-4)18(28-5)11-16(15)12-23-6-8-24(9-7-23)14-20(26)22(3)13-19(25)21-2/h10-11H,6-9,12-14H2,1-5H3,(H,21,25)/p+2. The van der Waals surface area contributed by atoms with Gasteiger partial charge in [0.05, 0.1) is 20.8 Å². The zero-order valence-corrected chi connectivity index (χ0v) is 17.7. The highest BCUT2D eigenvalue weighted by atomic mass is 16.5. The molecule has 28 heavy (non-hydrogen) atoms. The zero-order valence-electron chi connectivity index (χ0n) is 17.7. The Balaban J connectivity index is 1.86. The van der Waals surface area contributed by atoms with E-state index in [1.165, 1.54) is 25.8 Å². The minimum atomic E-state index is -0.148. The quantitative estimate of drug-likeness (QED) is 0.456. The van der Waals surface area contributed by atoms with E-state index in [0.717, 1.165) is 44.2 Å². The van der Waals surface area contributed by atoms with Gasteiger partial charge in [-0.2, -0.15) is 0 Å². The summed E-state index contributed by atoms with van der Waals surface area (Å²) in [5.74, 6) is 1.38. The summed E-state index contributed by atoms with van der Waals surface area (Å²) in [6.07, 6.45) is 0. The van der Waals surface area contributed by atoms with Crippen molar-refractivity contribution in [3.63, 3.8) is 0 Å². The smallest absolute Gasteiger partial charge is 0.277 e. The van der Waals surface area contributed by atoms with Crippen LogP contribution in [0.3, 0.4) is 0 Å². The normalized spacial score (nSPS) is 19.0. The first kappa shape index (κ1) is 22.0. The van der Waals surface area contributed by atoms with Crippen LogP contribution >= 0.6 is 0 Å². The van der Waals surface area contributed by atoms with Crippen molar-refractivity contribution in [2.45, 2.75) is 13.5 Å². The molecule has 1 aliphatic heterocycles. The number of carbonyl (C=O) groups excluding carboxylic acids is 2. The maximum Gasteiger partial charge on any atom is 0.277 e. The van der Waals surface area contributed by atoms with Crippen LogP contribution in [0.4, 0.5) is 0 Å². The maximum atomic E-state index is 12.3. The highest BCUT2D eigenvalue weighted by molar-refractivity contribution is 5.84. The number of methoxy groups -OCH3 is 2. The van der Waals surface area contributed by atoms with E-state index in [4.69, 9.17) is 9.47 Å². The molecule has 0 aromatic heterocycles. The zero-order chi connectivity index (χ0) is 20.7. The van der Waals surface area contributed by atoms with Crippen LogP contribution in [0.1, 0.15) is 11.1 Å². The summed E-state index contributed by atoms with van der Waals surface area (Å²) in [5, 5.41) is 2.54. The molecule has 0 spiro atoms. The Morgan fingerprint density at radius 2 is 1.64 bits per heavy atom. The third-order valence-corrected chi connectivity index (χ3v) is 5.43. The van der Waals surface area contributed by atoms with E-state index in [0.29, 0.717) is 6.54 Å². The van der Waals surface area contributed by atoms with Crippen LogP contribution in [-0.4, -0.2) is 84.3 Å². The van der Waals surface area contributed by atoms with Gasteiger partial charge >= 0.3 is 0 Å². The van der Waals surface area contributed by atoms with Gasteiger partial charge in [-0.1, -0.05) is 0 Å². The first-order valence-corrected chi connectivity index (χ1v) is 9.71. The average molecular weight is 395 g/mol. The number of rotatable bonds is 8. The SMILES string of the molecule is CNC(=O)CN(C)C(=O)C[NH+]1CC[NH+](Cc2cc(OC)c(OC)cc2C)CC1. The van der Waals surface area contributed by atoms with Crippen molar-refractivity contribution in [3.05, 3.63) is 23.3 Å². The van der Waals surface area contributed by atoms with E-state index in [1.807, 2.05) is 6.07 Å². The van der Waals surface area contributed by atoms with Crippen LogP contribution in [0.25, 0.3) is 0 Å². The predicted molar refractivity (Wildman–Crippen MR) is 106 cm³/mol. The minimum absolute atomic E-state index is 0.0118. The van der Waals surface area contributed by atoms with Crippen molar-refractivity contribution in [3.8, 4) is 11.5 Å². The number of piperazine rings is 1. The molecule has 1 aliphatic rings. The van der Waals surface area contributed by atoms with E-state index in [1.54, 1.807) is 28.3 Å². The van der Waals surface area contributed by atoms with Crippen molar-refractivity contribution in [1.29, 1.82) is 0 Å². The van der Waals surface area contributed by atoms with Crippen LogP contribution in [0, 0.1) is 6.92 Å². The summed E-state index contributed by atoms with van der Waals surface area (Å²) in [7, 11) is 6.56. The number of ether oxygens (including phenoxy) is 2. The van der Waals surface area contributed by atoms with Crippen molar-refractivity contribution in [2.24, 2.45) is 0 Å². The third kappa shape index (κ3) is 5.84. The van der Waals surface area contributed by atoms with E-state index < -0.39 is 0 Å². The number of hydrogen-bond donors (Lipinski definition) is 3. The molecule has 1 aromatic carbocycles. The van der Waals surface area contributed by atoms with Gasteiger partial charge in [0.1, 0.15) is 32.7 Å². The first-order chi connectivity index (χ1) is 13.4. The Labute approximate surface area is 167 Å². The highest BCUT2D eigenvalue weighted by Gasteiger charge is 2.27. The van der Waals surface area contributed by atoms with Crippen molar-refractivity contribution in [1.82, 2.24) is 10.2 Å². The minimum Gasteiger partial charge on any atom is -0.493 e. The lowest BCUT2D eigenvalue weighted by atomic mass is 10.1. The number of benzene rings is 1. The van der Waals surface area contributed by atoms with Crippen molar-refractivity contribution < 1.29 is 28.9 Å². The van der Waals surface area contributed by atoms with E-state index in [-0.39, 0.29) is 18.4 Å². The molecule has 2 rings (SSSR count). The number of likely N-dealkylation sites (N-methyl/N-ethyl adjacent to an activating group) is 2. The van der Waals surface area contributed by atoms with E-state index in [2.05, 4.69) is 18.3 Å². The van der Waals surface area contributed by atoms with Gasteiger partial charge in [0.2, 0.25) is 5.91 Å². The molecule has 156 valence electrons. The average Bonchev–Trinajstić information content (AvgIpc) is 2.70. The summed E-state index contributed by atoms with van der Waals surface area (Å²) in [6.45, 7) is 7.49. The number of nitrogens with zero attached hydrogens (tertiary/aromatic N) is 1. The Morgan fingerprint density at radius 1 is 1.07 bits per heavy atom. The molecular weight excluding hydrogens is 360 g/mol. The Bertz CT molecular complexity index is 687. The number of amides is 2. The summed E-state index contributed by atoms with van der Waals surface area (Å²) in [6, 6.07) is 4.09. The number of quaternary nitrogens is 2. The Hall–Kier alpha value is -2.32. The molecule has 0 radical (unpaired) electrons. The van der Waals surface area contributed by atoms with Gasteiger partial charge in [-0.3, -0.25) is 9.59 Å². The lowest BCUT2D eigenvalue weighted by Gasteiger charge is -2.30. The van der Waals surface area contributed by atoms with Crippen LogP contribution in [0.2, 0.25) is 0 Å². The molecular formula is C20H34N4O4+2. The van der Waals surface area contributed by atoms with Crippen LogP contribution in [0.5, 0.6) is 11.5 Å². The molecule has 1 heterocycles. The lowest BCUT2D eigenvalue weighted by molar-refractivity contribution is -1.02. The van der Waals surface area contributed by atoms with Gasteiger partial charge in [0.25, 0.3) is 5.91 Å². The van der Waals surface area contributed by atoms with Gasteiger partial charge in [0, 0.05) is 19.7 Å². The summed E-state index contributed by atoms with van der Waals surface area (Å²) in [5.41, 5.74) is 2.46. The second-order valence-electron chi connectivity index (χ2n) is 7.41. The first-order valence-electron chi connectivity index (χ1n) is 9.71. The highest BCUT2D eigenvalue weighted by Crippen LogP contribution is 2.29. The fourth-order valence-electron chi connectivity index (χ4n) is 3.52. The van der Waals surface area contributed by atoms with Gasteiger partial charge in [-0.25, -0.2) is 0 Å². The summed E-state index contributed by atoms with van der Waals surface area (Å²) in [4.78, 5) is 28.0. The van der Waals surface area contributed by atoms with Crippen molar-refractivity contribution in [2.75, 3.05) is 67.6 Å². The fraction of sp³-hybridized carbons (Fsp3) is 0.600. The molecule has 0 aliphatic carbocycles. The number of hydrogen-bond acceptors (Lipinski definition) is 4. The van der Waals surface area contributed by atoms with Gasteiger partial charge in [0.15, 0.2) is 18.0 Å². The van der Waals surface area contributed by atoms with Gasteiger partial charge in [-0.15, -0.1) is 0 Å². The molecule has 0 bridgehead atoms. The predicted octanol–water partition coefficient (Wildman–Crippen LogP) is -2.50. The van der Waals surface area contributed by atoms with Crippen LogP contribution in [0.15, 0.2) is 12.1 Å². The molecule has 0 saturated carbocycles. The largest absolute Gasteiger partial charge is 0.493 e. The molecule has 0 atom stereocenters. The van der Waals surface area contributed by atoms with Crippen LogP contribution in [-0.2, 0) is 16.1 Å². The van der Waals surface area contributed by atoms with Crippen molar-refractivity contribution >= 4 is 11.8 Å². The summed E-state index contributed by atoms with van der Waals surface area (Å²) >= 11 is 0. The second-order valence-corrected chi connectivity index (χ2v) is 7.41. The van der Waals surface area contributed by atoms with Gasteiger partial charge < -0.3 is 29.5 Å². The van der Waals surface area contributed by atoms with Crippen LogP contribution < -0.4 is 24.6 Å². The molecule has 1 fully saturated rings. The van der Waals surface area contributed by atoms with Gasteiger partial charge in [-0.05, 0) is 24.6 Å². The number of aryl methyl sites for hydroxylation is 1. The third-order valence-electron chi connectivity index (χ3n) is 5.43. The Morgan fingerprint density at radius 3 is 2.21 bits per heavy atom. The van der Waals surface area contributed by atoms with E-state index >= 15 is 0 Å². The monoisotopic (exact) mass is 394 g/mol. The molecule has 3 N–H and O–H groups in total. The molecule has 0 unspecified atom stereocenters. The molecule has 2 amide bonds. The topological polar surface area (TPSA) is 76.8 Å². The Kier molecular flexibility index (Phi) is 8.07. The maximum absolute atomic E-state index is 12.3. The summed E-state index contributed by atoms with van der Waals surface area (Å²) < 4.78 is 10.8. The molecule has 1 aromatic rings. The lowest BCUT2D eigenvalue weighted by Crippen LogP contribution is -3.28. The molecule has 1 saturated heterocycles.